The van der Waals surface area contributed by atoms with Crippen LogP contribution in [0.25, 0.3) is 17.0 Å². The molecule has 1 aromatic heterocycles. The van der Waals surface area contributed by atoms with Gasteiger partial charge in [0.1, 0.15) is 29.0 Å². The highest BCUT2D eigenvalue weighted by Crippen LogP contribution is 2.26. The number of carbonyl (C=O) groups excluding carboxylic acids is 1. The third kappa shape index (κ3) is 5.33. The number of fused-ring (bicyclic) bond motifs is 1. The third-order valence-corrected chi connectivity index (χ3v) is 5.68. The summed E-state index contributed by atoms with van der Waals surface area (Å²) >= 11 is 0. The number of nitrogens with zero attached hydrogens (tertiary/aromatic N) is 2. The minimum atomic E-state index is -0.485. The normalized spacial score (nSPS) is 11.2. The Balaban J connectivity index is 1.58. The molecule has 0 saturated carbocycles. The molecule has 1 heterocycles. The molecule has 3 aromatic carbocycles. The molecule has 1 amide bonds. The quantitative estimate of drug-likeness (QED) is 0.289. The minimum absolute atomic E-state index is 0.0119. The molecule has 0 spiro atoms. The van der Waals surface area contributed by atoms with Crippen LogP contribution in [-0.4, -0.2) is 24.7 Å². The number of nitrogens with one attached hydrogen (secondary N) is 1. The summed E-state index contributed by atoms with van der Waals surface area (Å²) in [6.45, 7) is 0.720. The Labute approximate surface area is 202 Å². The van der Waals surface area contributed by atoms with Crippen LogP contribution in [0.1, 0.15) is 16.7 Å². The van der Waals surface area contributed by atoms with Crippen molar-refractivity contribution >= 4 is 22.9 Å². The maximum atomic E-state index is 13.3. The molecule has 0 bridgehead atoms. The third-order valence-electron chi connectivity index (χ3n) is 5.68. The number of methoxy groups -OCH3 is 2. The SMILES string of the molecule is COc1ccc(CNC(=O)/C(C#N)=C/c2cn(Cc3ccc(F)cc3)c3ccccc23)c(OC)c1. The first-order valence-corrected chi connectivity index (χ1v) is 11.0. The molecule has 4 aromatic rings. The number of benzene rings is 3. The second-order valence-electron chi connectivity index (χ2n) is 7.89. The number of aromatic nitrogens is 1. The van der Waals surface area contributed by atoms with Gasteiger partial charge in [0.15, 0.2) is 0 Å². The summed E-state index contributed by atoms with van der Waals surface area (Å²) in [5.41, 5.74) is 3.38. The first kappa shape index (κ1) is 23.6. The summed E-state index contributed by atoms with van der Waals surface area (Å²) in [5, 5.41) is 13.4. The van der Waals surface area contributed by atoms with Gasteiger partial charge >= 0.3 is 0 Å². The summed E-state index contributed by atoms with van der Waals surface area (Å²) < 4.78 is 25.9. The monoisotopic (exact) mass is 469 g/mol. The predicted octanol–water partition coefficient (Wildman–Crippen LogP) is 5.07. The fourth-order valence-electron chi connectivity index (χ4n) is 3.88. The fraction of sp³-hybridized carbons (Fsp3) is 0.143. The molecule has 4 rings (SSSR count). The van der Waals surface area contributed by atoms with E-state index in [1.165, 1.54) is 12.1 Å². The summed E-state index contributed by atoms with van der Waals surface area (Å²) in [5.74, 6) is 0.454. The Bertz CT molecular complexity index is 1430. The standard InChI is InChI=1S/C28H24FN3O3/c1-34-24-12-9-20(27(14-24)35-2)16-31-28(33)21(15-30)13-22-18-32(26-6-4-3-5-25(22)26)17-19-7-10-23(29)11-8-19/h3-14,18H,16-17H2,1-2H3,(H,31,33)/b21-13+. The highest BCUT2D eigenvalue weighted by atomic mass is 19.1. The van der Waals surface area contributed by atoms with Gasteiger partial charge in [-0.15, -0.1) is 0 Å². The van der Waals surface area contributed by atoms with Gasteiger partial charge in [-0.2, -0.15) is 5.26 Å². The van der Waals surface area contributed by atoms with E-state index in [9.17, 15) is 14.4 Å². The Kier molecular flexibility index (Phi) is 7.12. The maximum Gasteiger partial charge on any atom is 0.262 e. The van der Waals surface area contributed by atoms with Crippen molar-refractivity contribution in [2.75, 3.05) is 14.2 Å². The Morgan fingerprint density at radius 2 is 1.86 bits per heavy atom. The van der Waals surface area contributed by atoms with E-state index in [2.05, 4.69) is 5.32 Å². The van der Waals surface area contributed by atoms with Crippen molar-refractivity contribution in [2.24, 2.45) is 0 Å². The fourth-order valence-corrected chi connectivity index (χ4v) is 3.88. The summed E-state index contributed by atoms with van der Waals surface area (Å²) in [4.78, 5) is 12.8. The van der Waals surface area contributed by atoms with Crippen LogP contribution in [0.4, 0.5) is 4.39 Å². The Morgan fingerprint density at radius 3 is 2.57 bits per heavy atom. The average molecular weight is 470 g/mol. The topological polar surface area (TPSA) is 76.3 Å². The van der Waals surface area contributed by atoms with E-state index in [0.29, 0.717) is 18.0 Å². The predicted molar refractivity (Wildman–Crippen MR) is 132 cm³/mol. The molecule has 7 heteroatoms. The lowest BCUT2D eigenvalue weighted by Crippen LogP contribution is -2.24. The molecule has 1 N–H and O–H groups in total. The van der Waals surface area contributed by atoms with Crippen molar-refractivity contribution in [2.45, 2.75) is 13.1 Å². The zero-order valence-electron chi connectivity index (χ0n) is 19.4. The second-order valence-corrected chi connectivity index (χ2v) is 7.89. The van der Waals surface area contributed by atoms with Crippen molar-refractivity contribution in [1.82, 2.24) is 9.88 Å². The van der Waals surface area contributed by atoms with Crippen LogP contribution in [0, 0.1) is 17.1 Å². The van der Waals surface area contributed by atoms with Crippen molar-refractivity contribution < 1.29 is 18.7 Å². The molecule has 0 unspecified atom stereocenters. The number of nitriles is 1. The average Bonchev–Trinajstić information content (AvgIpc) is 3.23. The van der Waals surface area contributed by atoms with Gasteiger partial charge < -0.3 is 19.4 Å². The van der Waals surface area contributed by atoms with Gasteiger partial charge in [-0.1, -0.05) is 30.3 Å². The van der Waals surface area contributed by atoms with Crippen LogP contribution >= 0.6 is 0 Å². The highest BCUT2D eigenvalue weighted by molar-refractivity contribution is 6.04. The van der Waals surface area contributed by atoms with Crippen molar-refractivity contribution in [3.63, 3.8) is 0 Å². The van der Waals surface area contributed by atoms with E-state index in [1.807, 2.05) is 41.1 Å². The Morgan fingerprint density at radius 1 is 1.09 bits per heavy atom. The molecule has 0 atom stereocenters. The molecule has 0 radical (unpaired) electrons. The van der Waals surface area contributed by atoms with Crippen LogP contribution in [0.3, 0.4) is 0 Å². The van der Waals surface area contributed by atoms with Gasteiger partial charge in [0.25, 0.3) is 5.91 Å². The van der Waals surface area contributed by atoms with Crippen molar-refractivity contribution in [3.05, 3.63) is 101 Å². The molecule has 35 heavy (non-hydrogen) atoms. The van der Waals surface area contributed by atoms with Gasteiger partial charge in [0.05, 0.1) is 14.2 Å². The number of rotatable bonds is 8. The van der Waals surface area contributed by atoms with Crippen LogP contribution in [0.5, 0.6) is 11.5 Å². The molecule has 0 fully saturated rings. The lowest BCUT2D eigenvalue weighted by molar-refractivity contribution is -0.117. The van der Waals surface area contributed by atoms with Crippen LogP contribution in [0.15, 0.2) is 78.5 Å². The molecule has 0 aliphatic rings. The first-order valence-electron chi connectivity index (χ1n) is 11.0. The number of amides is 1. The van der Waals surface area contributed by atoms with Gasteiger partial charge in [0.2, 0.25) is 0 Å². The molecule has 6 nitrogen and oxygen atoms in total. The number of para-hydroxylation sites is 1. The molecule has 0 aliphatic heterocycles. The lowest BCUT2D eigenvalue weighted by Gasteiger charge is -2.11. The van der Waals surface area contributed by atoms with Crippen molar-refractivity contribution in [3.8, 4) is 17.6 Å². The molecule has 0 aliphatic carbocycles. The molecule has 0 saturated heterocycles. The van der Waals surface area contributed by atoms with Gasteiger partial charge in [-0.05, 0) is 42.0 Å². The van der Waals surface area contributed by atoms with Gasteiger partial charge in [-0.25, -0.2) is 4.39 Å². The van der Waals surface area contributed by atoms with Gasteiger partial charge in [-0.3, -0.25) is 4.79 Å². The zero-order chi connectivity index (χ0) is 24.8. The lowest BCUT2D eigenvalue weighted by atomic mass is 10.1. The number of halogens is 1. The molecule has 176 valence electrons. The minimum Gasteiger partial charge on any atom is -0.497 e. The summed E-state index contributed by atoms with van der Waals surface area (Å²) in [6.07, 6.45) is 3.48. The smallest absolute Gasteiger partial charge is 0.262 e. The van der Waals surface area contributed by atoms with E-state index in [1.54, 1.807) is 50.6 Å². The number of carbonyl (C=O) groups is 1. The number of hydrogen-bond donors (Lipinski definition) is 1. The summed E-state index contributed by atoms with van der Waals surface area (Å²) in [6, 6.07) is 21.4. The molecular formula is C28H24FN3O3. The van der Waals surface area contributed by atoms with Crippen molar-refractivity contribution in [1.29, 1.82) is 5.26 Å². The summed E-state index contributed by atoms with van der Waals surface area (Å²) in [7, 11) is 3.11. The van der Waals surface area contributed by atoms with E-state index in [-0.39, 0.29) is 17.9 Å². The zero-order valence-corrected chi connectivity index (χ0v) is 19.4. The maximum absolute atomic E-state index is 13.3. The van der Waals surface area contributed by atoms with Crippen LogP contribution in [0.2, 0.25) is 0 Å². The van der Waals surface area contributed by atoms with E-state index < -0.39 is 5.91 Å². The Hall–Kier alpha value is -4.57. The molecular weight excluding hydrogens is 445 g/mol. The van der Waals surface area contributed by atoms with Crippen LogP contribution < -0.4 is 14.8 Å². The first-order chi connectivity index (χ1) is 17.0. The number of hydrogen-bond acceptors (Lipinski definition) is 4. The highest BCUT2D eigenvalue weighted by Gasteiger charge is 2.14. The van der Waals surface area contributed by atoms with Crippen LogP contribution in [-0.2, 0) is 17.9 Å². The van der Waals surface area contributed by atoms with E-state index >= 15 is 0 Å². The van der Waals surface area contributed by atoms with E-state index in [0.717, 1.165) is 27.6 Å². The van der Waals surface area contributed by atoms with E-state index in [4.69, 9.17) is 9.47 Å². The van der Waals surface area contributed by atoms with Gasteiger partial charge in [0, 0.05) is 47.4 Å². The second kappa shape index (κ2) is 10.6. The largest absolute Gasteiger partial charge is 0.497 e. The number of ether oxygens (including phenoxy) is 2.